The van der Waals surface area contributed by atoms with Crippen molar-refractivity contribution in [1.82, 2.24) is 14.9 Å². The summed E-state index contributed by atoms with van der Waals surface area (Å²) in [6.07, 6.45) is 3.82. The summed E-state index contributed by atoms with van der Waals surface area (Å²) >= 11 is 5.89. The van der Waals surface area contributed by atoms with Crippen LogP contribution in [0.3, 0.4) is 0 Å². The number of fused-ring (bicyclic) bond motifs is 1. The van der Waals surface area contributed by atoms with Crippen molar-refractivity contribution in [3.63, 3.8) is 0 Å². The molecule has 1 saturated heterocycles. The van der Waals surface area contributed by atoms with Crippen molar-refractivity contribution in [2.45, 2.75) is 13.0 Å². The number of nitrogens with zero attached hydrogens (tertiary/aromatic N) is 3. The molecule has 1 aliphatic heterocycles. The topological polar surface area (TPSA) is 66.7 Å². The molecule has 1 unspecified atom stereocenters. The van der Waals surface area contributed by atoms with Gasteiger partial charge >= 0.3 is 0 Å². The Kier molecular flexibility index (Phi) is 4.34. The molecule has 6 nitrogen and oxygen atoms in total. The second kappa shape index (κ2) is 6.80. The summed E-state index contributed by atoms with van der Waals surface area (Å²) < 4.78 is 1.77. The molecular weight excluding hydrogens is 352 g/mol. The summed E-state index contributed by atoms with van der Waals surface area (Å²) in [5, 5.41) is 7.80. The number of rotatable bonds is 4. The zero-order chi connectivity index (χ0) is 18.1. The van der Waals surface area contributed by atoms with Crippen LogP contribution in [0.25, 0.3) is 5.52 Å². The summed E-state index contributed by atoms with van der Waals surface area (Å²) in [4.78, 5) is 26.4. The molecule has 2 aromatic heterocycles. The van der Waals surface area contributed by atoms with Gasteiger partial charge in [-0.15, -0.1) is 0 Å². The lowest BCUT2D eigenvalue weighted by Gasteiger charge is -2.16. The largest absolute Gasteiger partial charge is 0.352 e. The Labute approximate surface area is 155 Å². The Balaban J connectivity index is 1.41. The van der Waals surface area contributed by atoms with E-state index in [-0.39, 0.29) is 24.2 Å². The second-order valence-electron chi connectivity index (χ2n) is 6.30. The van der Waals surface area contributed by atoms with Crippen LogP contribution in [0.15, 0.2) is 54.9 Å². The number of hydrogen-bond acceptors (Lipinski definition) is 3. The molecule has 1 atom stereocenters. The van der Waals surface area contributed by atoms with Gasteiger partial charge in [0.05, 0.1) is 17.6 Å². The van der Waals surface area contributed by atoms with Crippen molar-refractivity contribution in [3.05, 3.63) is 65.4 Å². The molecule has 1 N–H and O–H groups in total. The van der Waals surface area contributed by atoms with Crippen LogP contribution in [-0.2, 0) is 16.1 Å². The first-order chi connectivity index (χ1) is 12.6. The van der Waals surface area contributed by atoms with Gasteiger partial charge in [-0.1, -0.05) is 17.7 Å². The highest BCUT2D eigenvalue weighted by atomic mass is 35.5. The number of amides is 2. The molecule has 0 bridgehead atoms. The summed E-state index contributed by atoms with van der Waals surface area (Å²) in [5.41, 5.74) is 2.66. The minimum atomic E-state index is -0.361. The third kappa shape index (κ3) is 3.15. The van der Waals surface area contributed by atoms with E-state index in [1.807, 2.05) is 24.4 Å². The molecule has 3 aromatic rings. The van der Waals surface area contributed by atoms with E-state index in [0.717, 1.165) is 16.8 Å². The van der Waals surface area contributed by atoms with Crippen LogP contribution >= 0.6 is 11.6 Å². The van der Waals surface area contributed by atoms with E-state index in [1.165, 1.54) is 0 Å². The van der Waals surface area contributed by atoms with Gasteiger partial charge in [0.2, 0.25) is 11.8 Å². The first kappa shape index (κ1) is 16.6. The number of hydrogen-bond donors (Lipinski definition) is 1. The number of carbonyl (C=O) groups excluding carboxylic acids is 2. The normalized spacial score (nSPS) is 17.0. The summed E-state index contributed by atoms with van der Waals surface area (Å²) in [5.74, 6) is -0.534. The smallest absolute Gasteiger partial charge is 0.227 e. The minimum Gasteiger partial charge on any atom is -0.352 e. The maximum atomic E-state index is 12.5. The van der Waals surface area contributed by atoms with E-state index in [2.05, 4.69) is 10.4 Å². The molecule has 26 heavy (non-hydrogen) atoms. The fourth-order valence-electron chi connectivity index (χ4n) is 3.20. The van der Waals surface area contributed by atoms with Gasteiger partial charge < -0.3 is 10.2 Å². The van der Waals surface area contributed by atoms with Crippen molar-refractivity contribution in [2.24, 2.45) is 5.92 Å². The van der Waals surface area contributed by atoms with E-state index in [1.54, 1.807) is 39.9 Å². The Bertz CT molecular complexity index is 967. The average molecular weight is 369 g/mol. The molecule has 0 spiro atoms. The van der Waals surface area contributed by atoms with E-state index in [4.69, 9.17) is 11.6 Å². The average Bonchev–Trinajstić information content (AvgIpc) is 3.24. The fraction of sp³-hybridized carbons (Fsp3) is 0.211. The number of halogens is 1. The number of aromatic nitrogens is 2. The molecule has 7 heteroatoms. The number of nitrogens with one attached hydrogen (secondary N) is 1. The zero-order valence-corrected chi connectivity index (χ0v) is 14.7. The third-order valence-corrected chi connectivity index (χ3v) is 4.85. The van der Waals surface area contributed by atoms with Crippen LogP contribution in [0.1, 0.15) is 12.0 Å². The monoisotopic (exact) mass is 368 g/mol. The predicted molar refractivity (Wildman–Crippen MR) is 99.0 cm³/mol. The van der Waals surface area contributed by atoms with Gasteiger partial charge in [0.25, 0.3) is 0 Å². The summed E-state index contributed by atoms with van der Waals surface area (Å²) in [6, 6.07) is 12.8. The lowest BCUT2D eigenvalue weighted by Crippen LogP contribution is -2.32. The maximum absolute atomic E-state index is 12.5. The van der Waals surface area contributed by atoms with E-state index in [9.17, 15) is 9.59 Å². The molecule has 2 amide bonds. The molecule has 132 valence electrons. The molecule has 1 aromatic carbocycles. The van der Waals surface area contributed by atoms with Crippen molar-refractivity contribution in [1.29, 1.82) is 0 Å². The van der Waals surface area contributed by atoms with Gasteiger partial charge in [0.1, 0.15) is 0 Å². The van der Waals surface area contributed by atoms with Crippen LogP contribution < -0.4 is 10.2 Å². The zero-order valence-electron chi connectivity index (χ0n) is 13.9. The van der Waals surface area contributed by atoms with E-state index < -0.39 is 0 Å². The van der Waals surface area contributed by atoms with Crippen molar-refractivity contribution in [3.8, 4) is 0 Å². The minimum absolute atomic E-state index is 0.0524. The first-order valence-corrected chi connectivity index (χ1v) is 8.74. The molecule has 0 saturated carbocycles. The van der Waals surface area contributed by atoms with Crippen molar-refractivity contribution < 1.29 is 9.59 Å². The lowest BCUT2D eigenvalue weighted by atomic mass is 10.1. The van der Waals surface area contributed by atoms with Crippen LogP contribution in [0.5, 0.6) is 0 Å². The van der Waals surface area contributed by atoms with Gasteiger partial charge in [-0.3, -0.25) is 9.59 Å². The Morgan fingerprint density at radius 2 is 2.04 bits per heavy atom. The van der Waals surface area contributed by atoms with Crippen LogP contribution in [0, 0.1) is 5.92 Å². The van der Waals surface area contributed by atoms with Crippen LogP contribution in [0.4, 0.5) is 5.69 Å². The number of pyridine rings is 1. The number of carbonyl (C=O) groups is 2. The molecular formula is C19H17ClN4O2. The molecule has 1 fully saturated rings. The highest BCUT2D eigenvalue weighted by Crippen LogP contribution is 2.26. The quantitative estimate of drug-likeness (QED) is 0.769. The van der Waals surface area contributed by atoms with E-state index >= 15 is 0 Å². The fourth-order valence-corrected chi connectivity index (χ4v) is 3.33. The van der Waals surface area contributed by atoms with Gasteiger partial charge in [-0.2, -0.15) is 5.10 Å². The van der Waals surface area contributed by atoms with Crippen molar-refractivity contribution >= 4 is 34.6 Å². The first-order valence-electron chi connectivity index (χ1n) is 8.37. The molecule has 0 radical (unpaired) electrons. The standard InChI is InChI=1S/C19H17ClN4O2/c20-15-4-6-16(7-5-15)23-12-13(9-18(23)25)19(26)21-10-14-11-22-24-8-2-1-3-17(14)24/h1-8,11,13H,9-10,12H2,(H,21,26). The van der Waals surface area contributed by atoms with Gasteiger partial charge in [0.15, 0.2) is 0 Å². The third-order valence-electron chi connectivity index (χ3n) is 4.59. The molecule has 0 aliphatic carbocycles. The predicted octanol–water partition coefficient (Wildman–Crippen LogP) is 2.66. The summed E-state index contributed by atoms with van der Waals surface area (Å²) in [7, 11) is 0. The van der Waals surface area contributed by atoms with Gasteiger partial charge in [-0.25, -0.2) is 4.52 Å². The van der Waals surface area contributed by atoms with Gasteiger partial charge in [0, 0.05) is 42.0 Å². The van der Waals surface area contributed by atoms with Crippen molar-refractivity contribution in [2.75, 3.05) is 11.4 Å². The number of benzene rings is 1. The maximum Gasteiger partial charge on any atom is 0.227 e. The molecule has 1 aliphatic rings. The SMILES string of the molecule is O=C(NCc1cnn2ccccc12)C1CC(=O)N(c2ccc(Cl)cc2)C1. The summed E-state index contributed by atoms with van der Waals surface area (Å²) in [6.45, 7) is 0.763. The Morgan fingerprint density at radius 1 is 1.23 bits per heavy atom. The second-order valence-corrected chi connectivity index (χ2v) is 6.74. The number of anilines is 1. The highest BCUT2D eigenvalue weighted by Gasteiger charge is 2.35. The highest BCUT2D eigenvalue weighted by molar-refractivity contribution is 6.30. The lowest BCUT2D eigenvalue weighted by molar-refractivity contribution is -0.126. The Hall–Kier alpha value is -2.86. The molecule has 4 rings (SSSR count). The van der Waals surface area contributed by atoms with Gasteiger partial charge in [-0.05, 0) is 36.4 Å². The van der Waals surface area contributed by atoms with Crippen LogP contribution in [0.2, 0.25) is 5.02 Å². The van der Waals surface area contributed by atoms with Crippen LogP contribution in [-0.4, -0.2) is 28.0 Å². The Morgan fingerprint density at radius 3 is 2.85 bits per heavy atom. The molecule has 3 heterocycles. The van der Waals surface area contributed by atoms with E-state index in [0.29, 0.717) is 18.1 Å².